The van der Waals surface area contributed by atoms with Crippen molar-refractivity contribution in [2.75, 3.05) is 0 Å². The maximum absolute atomic E-state index is 11.0. The van der Waals surface area contributed by atoms with Crippen LogP contribution in [-0.4, -0.2) is 26.1 Å². The number of nitrogens with zero attached hydrogens (tertiary/aromatic N) is 2. The third-order valence-electron chi connectivity index (χ3n) is 4.41. The largest absolute Gasteiger partial charge is 0.342 e. The zero-order valence-electron chi connectivity index (χ0n) is 15.0. The number of carbonyl (C=O) groups excluding carboxylic acids is 1. The maximum Gasteiger partial charge on any atom is 0.267 e. The first-order valence-electron chi connectivity index (χ1n) is 8.81. The van der Waals surface area contributed by atoms with E-state index < -0.39 is 5.91 Å². The Hall–Kier alpha value is -3.77. The quantitative estimate of drug-likeness (QED) is 0.284. The average molecular weight is 370 g/mol. The number of carbonyl (C=O) groups is 1. The molecule has 0 saturated carbocycles. The molecule has 4 rings (SSSR count). The van der Waals surface area contributed by atoms with Crippen LogP contribution in [0.25, 0.3) is 28.2 Å². The van der Waals surface area contributed by atoms with E-state index >= 15 is 0 Å². The number of fused-ring (bicyclic) bond motifs is 1. The van der Waals surface area contributed by atoms with Gasteiger partial charge in [0.05, 0.1) is 11.0 Å². The molecule has 0 aliphatic rings. The van der Waals surface area contributed by atoms with Crippen molar-refractivity contribution in [2.45, 2.75) is 6.42 Å². The van der Waals surface area contributed by atoms with Gasteiger partial charge in [0.2, 0.25) is 0 Å². The molecule has 2 heterocycles. The highest BCUT2D eigenvalue weighted by Crippen LogP contribution is 2.23. The van der Waals surface area contributed by atoms with Crippen LogP contribution < -0.4 is 5.48 Å². The van der Waals surface area contributed by atoms with Gasteiger partial charge in [-0.1, -0.05) is 36.4 Å². The number of rotatable bonds is 5. The fourth-order valence-electron chi connectivity index (χ4n) is 3.01. The molecule has 0 radical (unpaired) electrons. The number of imidazole rings is 1. The van der Waals surface area contributed by atoms with Gasteiger partial charge < -0.3 is 4.98 Å². The standard InChI is InChI=1S/C22H18N4O2/c27-22(26-28)10-7-15-3-5-16(6-4-15)12-21-24-19-9-8-17(13-20(19)25-21)18-2-1-11-23-14-18/h1-11,13-14,28H,12H2,(H,24,25)(H,26,27)/b10-7+. The van der Waals surface area contributed by atoms with E-state index in [-0.39, 0.29) is 0 Å². The molecule has 0 aliphatic heterocycles. The summed E-state index contributed by atoms with van der Waals surface area (Å²) < 4.78 is 0. The molecular weight excluding hydrogens is 352 g/mol. The molecule has 0 spiro atoms. The van der Waals surface area contributed by atoms with Crippen molar-refractivity contribution in [1.82, 2.24) is 20.4 Å². The Kier molecular flexibility index (Phi) is 4.95. The van der Waals surface area contributed by atoms with E-state index in [1.807, 2.05) is 54.7 Å². The predicted molar refractivity (Wildman–Crippen MR) is 108 cm³/mol. The van der Waals surface area contributed by atoms with E-state index in [0.717, 1.165) is 39.1 Å². The van der Waals surface area contributed by atoms with Crippen molar-refractivity contribution in [3.8, 4) is 11.1 Å². The summed E-state index contributed by atoms with van der Waals surface area (Å²) in [6.45, 7) is 0. The summed E-state index contributed by atoms with van der Waals surface area (Å²) in [7, 11) is 0. The van der Waals surface area contributed by atoms with Crippen LogP contribution in [0.4, 0.5) is 0 Å². The Morgan fingerprint density at radius 2 is 1.96 bits per heavy atom. The van der Waals surface area contributed by atoms with Crippen molar-refractivity contribution < 1.29 is 10.0 Å². The van der Waals surface area contributed by atoms with Crippen molar-refractivity contribution in [3.05, 3.63) is 90.0 Å². The van der Waals surface area contributed by atoms with E-state index in [4.69, 9.17) is 5.21 Å². The first kappa shape index (κ1) is 17.6. The Morgan fingerprint density at radius 1 is 1.11 bits per heavy atom. The summed E-state index contributed by atoms with van der Waals surface area (Å²) >= 11 is 0. The second-order valence-corrected chi connectivity index (χ2v) is 6.38. The number of nitrogens with one attached hydrogen (secondary N) is 2. The molecule has 0 bridgehead atoms. The van der Waals surface area contributed by atoms with E-state index in [0.29, 0.717) is 6.42 Å². The van der Waals surface area contributed by atoms with E-state index in [9.17, 15) is 4.79 Å². The predicted octanol–water partition coefficient (Wildman–Crippen LogP) is 3.73. The highest BCUT2D eigenvalue weighted by molar-refractivity contribution is 5.90. The molecule has 0 saturated heterocycles. The molecule has 4 aromatic rings. The van der Waals surface area contributed by atoms with Crippen LogP contribution in [0.5, 0.6) is 0 Å². The number of hydrogen-bond acceptors (Lipinski definition) is 4. The van der Waals surface area contributed by atoms with Gasteiger partial charge >= 0.3 is 0 Å². The lowest BCUT2D eigenvalue weighted by molar-refractivity contribution is -0.124. The van der Waals surface area contributed by atoms with Gasteiger partial charge in [0.1, 0.15) is 5.82 Å². The number of pyridine rings is 1. The SMILES string of the molecule is O=C(/C=C/c1ccc(Cc2nc3ccc(-c4cccnc4)cc3[nH]2)cc1)NO. The van der Waals surface area contributed by atoms with Crippen LogP contribution >= 0.6 is 0 Å². The first-order valence-corrected chi connectivity index (χ1v) is 8.81. The molecular formula is C22H18N4O2. The van der Waals surface area contributed by atoms with Crippen LogP contribution in [0.1, 0.15) is 17.0 Å². The van der Waals surface area contributed by atoms with Gasteiger partial charge in [-0.3, -0.25) is 15.0 Å². The van der Waals surface area contributed by atoms with Gasteiger partial charge in [-0.2, -0.15) is 0 Å². The van der Waals surface area contributed by atoms with Crippen molar-refractivity contribution >= 4 is 23.0 Å². The van der Waals surface area contributed by atoms with Crippen LogP contribution in [0, 0.1) is 0 Å². The minimum absolute atomic E-state index is 0.558. The zero-order chi connectivity index (χ0) is 19.3. The highest BCUT2D eigenvalue weighted by atomic mass is 16.5. The molecule has 2 aromatic heterocycles. The summed E-state index contributed by atoms with van der Waals surface area (Å²) in [6, 6.07) is 17.9. The third-order valence-corrected chi connectivity index (χ3v) is 4.41. The van der Waals surface area contributed by atoms with Crippen LogP contribution in [-0.2, 0) is 11.2 Å². The maximum atomic E-state index is 11.0. The van der Waals surface area contributed by atoms with E-state index in [1.54, 1.807) is 17.8 Å². The number of H-pyrrole nitrogens is 1. The van der Waals surface area contributed by atoms with E-state index in [1.165, 1.54) is 6.08 Å². The number of hydrogen-bond donors (Lipinski definition) is 3. The van der Waals surface area contributed by atoms with Gasteiger partial charge in [0.25, 0.3) is 5.91 Å². The third kappa shape index (κ3) is 3.97. The molecule has 0 atom stereocenters. The van der Waals surface area contributed by atoms with Gasteiger partial charge in [0.15, 0.2) is 0 Å². The summed E-state index contributed by atoms with van der Waals surface area (Å²) in [5, 5.41) is 8.50. The molecule has 6 nitrogen and oxygen atoms in total. The highest BCUT2D eigenvalue weighted by Gasteiger charge is 2.06. The van der Waals surface area contributed by atoms with Gasteiger partial charge in [0, 0.05) is 30.5 Å². The second kappa shape index (κ2) is 7.85. The van der Waals surface area contributed by atoms with Gasteiger partial charge in [-0.15, -0.1) is 0 Å². The second-order valence-electron chi connectivity index (χ2n) is 6.38. The van der Waals surface area contributed by atoms with Crippen LogP contribution in [0.2, 0.25) is 0 Å². The minimum Gasteiger partial charge on any atom is -0.342 e. The Bertz CT molecular complexity index is 1130. The number of aromatic nitrogens is 3. The molecule has 138 valence electrons. The topological polar surface area (TPSA) is 90.9 Å². The Labute approximate surface area is 161 Å². The summed E-state index contributed by atoms with van der Waals surface area (Å²) in [5.41, 5.74) is 7.63. The fourth-order valence-corrected chi connectivity index (χ4v) is 3.01. The molecule has 6 heteroatoms. The number of aromatic amines is 1. The van der Waals surface area contributed by atoms with E-state index in [2.05, 4.69) is 21.0 Å². The zero-order valence-corrected chi connectivity index (χ0v) is 15.0. The lowest BCUT2D eigenvalue weighted by Crippen LogP contribution is -2.14. The summed E-state index contributed by atoms with van der Waals surface area (Å²) in [4.78, 5) is 23.3. The smallest absolute Gasteiger partial charge is 0.267 e. The van der Waals surface area contributed by atoms with Crippen molar-refractivity contribution in [3.63, 3.8) is 0 Å². The lowest BCUT2D eigenvalue weighted by Gasteiger charge is -2.00. The monoisotopic (exact) mass is 370 g/mol. The van der Waals surface area contributed by atoms with Gasteiger partial charge in [-0.05, 0) is 41.0 Å². The number of benzene rings is 2. The van der Waals surface area contributed by atoms with Crippen LogP contribution in [0.15, 0.2) is 73.1 Å². The Morgan fingerprint density at radius 3 is 2.71 bits per heavy atom. The minimum atomic E-state index is -0.558. The average Bonchev–Trinajstić information content (AvgIpc) is 3.15. The Balaban J connectivity index is 1.52. The molecule has 3 N–H and O–H groups in total. The van der Waals surface area contributed by atoms with Crippen molar-refractivity contribution in [2.24, 2.45) is 0 Å². The van der Waals surface area contributed by atoms with Gasteiger partial charge in [-0.25, -0.2) is 10.5 Å². The molecule has 2 aromatic carbocycles. The number of amides is 1. The summed E-state index contributed by atoms with van der Waals surface area (Å²) in [6.07, 6.45) is 7.19. The molecule has 28 heavy (non-hydrogen) atoms. The molecule has 0 aliphatic carbocycles. The fraction of sp³-hybridized carbons (Fsp3) is 0.0455. The first-order chi connectivity index (χ1) is 13.7. The van der Waals surface area contributed by atoms with Crippen LogP contribution in [0.3, 0.4) is 0 Å². The molecule has 0 unspecified atom stereocenters. The summed E-state index contributed by atoms with van der Waals surface area (Å²) in [5.74, 6) is 0.332. The normalized spacial score (nSPS) is 11.2. The number of hydroxylamine groups is 1. The molecule has 0 fully saturated rings. The molecule has 1 amide bonds. The van der Waals surface area contributed by atoms with Crippen molar-refractivity contribution in [1.29, 1.82) is 0 Å². The lowest BCUT2D eigenvalue weighted by atomic mass is 10.1.